The van der Waals surface area contributed by atoms with E-state index in [4.69, 9.17) is 4.74 Å². The predicted octanol–water partition coefficient (Wildman–Crippen LogP) is 5.18. The molecule has 2 aromatic rings. The van der Waals surface area contributed by atoms with Crippen molar-refractivity contribution in [2.45, 2.75) is 57.5 Å². The highest BCUT2D eigenvalue weighted by atomic mass is 16.5. The van der Waals surface area contributed by atoms with Crippen molar-refractivity contribution in [1.82, 2.24) is 10.2 Å². The van der Waals surface area contributed by atoms with Gasteiger partial charge in [0.25, 0.3) is 0 Å². The lowest BCUT2D eigenvalue weighted by Gasteiger charge is -2.46. The summed E-state index contributed by atoms with van der Waals surface area (Å²) < 4.78 is 5.43. The maximum atomic E-state index is 13.2. The fourth-order valence-electron chi connectivity index (χ4n) is 6.52. The monoisotopic (exact) mass is 444 g/mol. The van der Waals surface area contributed by atoms with E-state index in [0.717, 1.165) is 50.1 Å². The summed E-state index contributed by atoms with van der Waals surface area (Å²) in [5.74, 6) is 1.56. The van der Waals surface area contributed by atoms with E-state index >= 15 is 0 Å². The lowest BCUT2D eigenvalue weighted by molar-refractivity contribution is -0.130. The summed E-state index contributed by atoms with van der Waals surface area (Å²) >= 11 is 0. The van der Waals surface area contributed by atoms with Crippen LogP contribution < -0.4 is 10.1 Å². The number of fused-ring (bicyclic) bond motifs is 2. The minimum atomic E-state index is -0.301. The van der Waals surface area contributed by atoms with Gasteiger partial charge in [0.2, 0.25) is 5.91 Å². The number of methoxy groups -OCH3 is 1. The summed E-state index contributed by atoms with van der Waals surface area (Å²) in [5.41, 5.74) is 3.79. The van der Waals surface area contributed by atoms with E-state index < -0.39 is 0 Å². The number of carbonyl (C=O) groups excluding carboxylic acids is 1. The lowest BCUT2D eigenvalue weighted by atomic mass is 9.68. The fourth-order valence-corrected chi connectivity index (χ4v) is 6.52. The highest BCUT2D eigenvalue weighted by Crippen LogP contribution is 2.49. The number of rotatable bonds is 5. The van der Waals surface area contributed by atoms with E-state index in [1.165, 1.54) is 11.1 Å². The molecule has 1 aliphatic heterocycles. The Kier molecular flexibility index (Phi) is 5.82. The number of carbonyl (C=O) groups is 1. The molecule has 2 unspecified atom stereocenters. The number of ether oxygens (including phenoxy) is 1. The number of piperidine rings is 1. The summed E-state index contributed by atoms with van der Waals surface area (Å²) in [5, 5.41) is 3.19. The zero-order valence-corrected chi connectivity index (χ0v) is 20.1. The number of amides is 1. The van der Waals surface area contributed by atoms with E-state index in [1.54, 1.807) is 7.11 Å². The Bertz CT molecular complexity index is 1060. The second-order valence-electron chi connectivity index (χ2n) is 10.6. The van der Waals surface area contributed by atoms with Gasteiger partial charge in [0, 0.05) is 35.5 Å². The van der Waals surface area contributed by atoms with Crippen LogP contribution in [0, 0.1) is 11.3 Å². The second-order valence-corrected chi connectivity index (χ2v) is 10.6. The van der Waals surface area contributed by atoms with E-state index in [2.05, 4.69) is 60.5 Å². The largest absolute Gasteiger partial charge is 0.496 e. The third-order valence-corrected chi connectivity index (χ3v) is 8.63. The van der Waals surface area contributed by atoms with Crippen LogP contribution in [0.2, 0.25) is 0 Å². The van der Waals surface area contributed by atoms with Crippen LogP contribution in [0.5, 0.6) is 5.75 Å². The van der Waals surface area contributed by atoms with Crippen LogP contribution in [0.15, 0.2) is 54.6 Å². The average molecular weight is 445 g/mol. The molecule has 174 valence electrons. The first-order valence-corrected chi connectivity index (χ1v) is 12.4. The number of benzene rings is 2. The van der Waals surface area contributed by atoms with E-state index in [-0.39, 0.29) is 16.7 Å². The molecule has 0 aromatic heterocycles. The van der Waals surface area contributed by atoms with Crippen molar-refractivity contribution in [2.75, 3.05) is 20.2 Å². The van der Waals surface area contributed by atoms with Gasteiger partial charge in [0.15, 0.2) is 0 Å². The van der Waals surface area contributed by atoms with Crippen molar-refractivity contribution in [3.8, 4) is 5.75 Å². The highest BCUT2D eigenvalue weighted by molar-refractivity contribution is 5.82. The molecule has 4 heteroatoms. The standard InChI is InChI=1S/C29H36N2O2/c1-21-20-31(17-16-29(21)15-12-22-8-4-6-10-25(22)29)24-13-14-28(2,18-24)27(32)30-19-23-9-5-7-11-26(23)33-3/h4-12,15,21,24H,13-14,16-20H2,1-3H3,(H,30,32)/t21-,24?,28?,29-/m0/s1. The van der Waals surface area contributed by atoms with E-state index in [0.29, 0.717) is 18.5 Å². The van der Waals surface area contributed by atoms with Gasteiger partial charge in [-0.25, -0.2) is 0 Å². The van der Waals surface area contributed by atoms with Crippen LogP contribution in [0.25, 0.3) is 6.08 Å². The van der Waals surface area contributed by atoms with Crippen LogP contribution in [0.1, 0.15) is 56.2 Å². The molecular weight excluding hydrogens is 408 g/mol. The molecule has 1 saturated carbocycles. The van der Waals surface area contributed by atoms with Crippen LogP contribution in [0.3, 0.4) is 0 Å². The Morgan fingerprint density at radius 2 is 1.94 bits per heavy atom. The molecule has 1 heterocycles. The highest BCUT2D eigenvalue weighted by Gasteiger charge is 2.48. The zero-order valence-electron chi connectivity index (χ0n) is 20.1. The molecule has 2 fully saturated rings. The molecule has 4 nitrogen and oxygen atoms in total. The number of para-hydroxylation sites is 1. The summed E-state index contributed by atoms with van der Waals surface area (Å²) in [7, 11) is 1.67. The van der Waals surface area contributed by atoms with Crippen LogP contribution in [-0.2, 0) is 16.8 Å². The first kappa shape index (κ1) is 22.2. The number of hydrogen-bond donors (Lipinski definition) is 1. The van der Waals surface area contributed by atoms with Crippen molar-refractivity contribution in [2.24, 2.45) is 11.3 Å². The SMILES string of the molecule is COc1ccccc1CNC(=O)C1(C)CCC(N2CC[C@@]3(C=Cc4ccccc43)[C@@H](C)C2)C1. The maximum Gasteiger partial charge on any atom is 0.226 e. The van der Waals surface area contributed by atoms with Crippen molar-refractivity contribution < 1.29 is 9.53 Å². The minimum absolute atomic E-state index is 0.171. The molecule has 1 amide bonds. The molecule has 0 bridgehead atoms. The molecule has 1 saturated heterocycles. The quantitative estimate of drug-likeness (QED) is 0.691. The molecule has 2 aromatic carbocycles. The Hall–Kier alpha value is -2.59. The molecule has 4 atom stereocenters. The van der Waals surface area contributed by atoms with Gasteiger partial charge >= 0.3 is 0 Å². The first-order valence-electron chi connectivity index (χ1n) is 12.4. The van der Waals surface area contributed by atoms with E-state index in [9.17, 15) is 4.79 Å². The van der Waals surface area contributed by atoms with Crippen molar-refractivity contribution in [3.63, 3.8) is 0 Å². The van der Waals surface area contributed by atoms with Crippen LogP contribution in [0.4, 0.5) is 0 Å². The zero-order chi connectivity index (χ0) is 23.1. The Labute approximate surface area is 198 Å². The van der Waals surface area contributed by atoms with E-state index in [1.807, 2.05) is 24.3 Å². The van der Waals surface area contributed by atoms with Gasteiger partial charge < -0.3 is 10.1 Å². The van der Waals surface area contributed by atoms with Crippen molar-refractivity contribution in [1.29, 1.82) is 0 Å². The van der Waals surface area contributed by atoms with Crippen LogP contribution in [-0.4, -0.2) is 37.0 Å². The summed E-state index contributed by atoms with van der Waals surface area (Å²) in [6.07, 6.45) is 8.94. The molecule has 33 heavy (non-hydrogen) atoms. The summed E-state index contributed by atoms with van der Waals surface area (Å²) in [6.45, 7) is 7.27. The first-order chi connectivity index (χ1) is 15.9. The molecular formula is C29H36N2O2. The normalized spacial score (nSPS) is 31.0. The molecule has 1 N–H and O–H groups in total. The number of likely N-dealkylation sites (tertiary alicyclic amines) is 1. The fraction of sp³-hybridized carbons (Fsp3) is 0.483. The van der Waals surface area contributed by atoms with Crippen molar-refractivity contribution in [3.05, 3.63) is 71.3 Å². The average Bonchev–Trinajstić information content (AvgIpc) is 3.42. The van der Waals surface area contributed by atoms with Gasteiger partial charge in [-0.1, -0.05) is 68.5 Å². The third-order valence-electron chi connectivity index (χ3n) is 8.63. The molecule has 1 spiro atoms. The van der Waals surface area contributed by atoms with Crippen LogP contribution >= 0.6 is 0 Å². The van der Waals surface area contributed by atoms with Gasteiger partial charge in [-0.3, -0.25) is 9.69 Å². The van der Waals surface area contributed by atoms with Gasteiger partial charge in [-0.2, -0.15) is 0 Å². The van der Waals surface area contributed by atoms with Gasteiger partial charge in [0.05, 0.1) is 7.11 Å². The smallest absolute Gasteiger partial charge is 0.226 e. The van der Waals surface area contributed by atoms with Gasteiger partial charge in [-0.15, -0.1) is 0 Å². The van der Waals surface area contributed by atoms with Gasteiger partial charge in [0.1, 0.15) is 5.75 Å². The minimum Gasteiger partial charge on any atom is -0.496 e. The molecule has 2 aliphatic carbocycles. The number of hydrogen-bond acceptors (Lipinski definition) is 3. The summed E-state index contributed by atoms with van der Waals surface area (Å²) in [6, 6.07) is 17.3. The molecule has 3 aliphatic rings. The Morgan fingerprint density at radius 1 is 1.15 bits per heavy atom. The molecule has 5 rings (SSSR count). The van der Waals surface area contributed by atoms with Crippen molar-refractivity contribution >= 4 is 12.0 Å². The molecule has 0 radical (unpaired) electrons. The number of allylic oxidation sites excluding steroid dienone is 1. The Balaban J connectivity index is 1.21. The Morgan fingerprint density at radius 3 is 2.76 bits per heavy atom. The predicted molar refractivity (Wildman–Crippen MR) is 133 cm³/mol. The number of nitrogens with zero attached hydrogens (tertiary/aromatic N) is 1. The lowest BCUT2D eigenvalue weighted by Crippen LogP contribution is -2.50. The topological polar surface area (TPSA) is 41.6 Å². The second kappa shape index (κ2) is 8.64. The van der Waals surface area contributed by atoms with Gasteiger partial charge in [-0.05, 0) is 55.3 Å². The summed E-state index contributed by atoms with van der Waals surface area (Å²) in [4.78, 5) is 15.9. The maximum absolute atomic E-state index is 13.2. The number of nitrogens with one attached hydrogen (secondary N) is 1. The third kappa shape index (κ3) is 3.89.